The van der Waals surface area contributed by atoms with Crippen LogP contribution in [0.4, 0.5) is 0 Å². The van der Waals surface area contributed by atoms with Crippen LogP contribution in [0.1, 0.15) is 46.5 Å². The molecule has 1 saturated carbocycles. The molecule has 2 unspecified atom stereocenters. The Labute approximate surface area is 122 Å². The predicted molar refractivity (Wildman–Crippen MR) is 80.0 cm³/mol. The van der Waals surface area contributed by atoms with Crippen LogP contribution in [0.25, 0.3) is 0 Å². The third-order valence-electron chi connectivity index (χ3n) is 4.08. The second-order valence-electron chi connectivity index (χ2n) is 6.43. The highest BCUT2D eigenvalue weighted by molar-refractivity contribution is 5.87. The van der Waals surface area contributed by atoms with Crippen LogP contribution < -0.4 is 16.4 Å². The van der Waals surface area contributed by atoms with Gasteiger partial charge in [-0.3, -0.25) is 9.59 Å². The number of hydrogen-bond acceptors (Lipinski definition) is 3. The molecule has 0 saturated heterocycles. The number of carbonyl (C=O) groups excluding carboxylic acids is 2. The lowest BCUT2D eigenvalue weighted by molar-refractivity contribution is -0.127. The lowest BCUT2D eigenvalue weighted by Gasteiger charge is -2.26. The van der Waals surface area contributed by atoms with Crippen molar-refractivity contribution in [3.05, 3.63) is 0 Å². The molecule has 1 fully saturated rings. The van der Waals surface area contributed by atoms with E-state index in [-0.39, 0.29) is 24.3 Å². The molecule has 20 heavy (non-hydrogen) atoms. The van der Waals surface area contributed by atoms with Crippen molar-refractivity contribution in [3.63, 3.8) is 0 Å². The van der Waals surface area contributed by atoms with Gasteiger partial charge in [-0.2, -0.15) is 0 Å². The molecule has 2 amide bonds. The monoisotopic (exact) mass is 283 g/mol. The minimum absolute atomic E-state index is 0.0154. The van der Waals surface area contributed by atoms with Gasteiger partial charge >= 0.3 is 0 Å². The Balaban J connectivity index is 2.18. The van der Waals surface area contributed by atoms with Gasteiger partial charge in [-0.15, -0.1) is 0 Å². The molecule has 5 heteroatoms. The van der Waals surface area contributed by atoms with Gasteiger partial charge in [-0.1, -0.05) is 33.6 Å². The van der Waals surface area contributed by atoms with Crippen molar-refractivity contribution in [2.24, 2.45) is 23.5 Å². The van der Waals surface area contributed by atoms with E-state index in [0.29, 0.717) is 5.92 Å². The molecule has 0 aromatic heterocycles. The molecule has 3 atom stereocenters. The van der Waals surface area contributed by atoms with Gasteiger partial charge in [0, 0.05) is 6.54 Å². The largest absolute Gasteiger partial charge is 0.354 e. The number of nitrogens with two attached hydrogens (primary N) is 1. The first-order chi connectivity index (χ1) is 9.40. The molecule has 0 aromatic carbocycles. The summed E-state index contributed by atoms with van der Waals surface area (Å²) in [6.45, 7) is 6.77. The summed E-state index contributed by atoms with van der Waals surface area (Å²) >= 11 is 0. The van der Waals surface area contributed by atoms with E-state index in [9.17, 15) is 9.59 Å². The van der Waals surface area contributed by atoms with Crippen LogP contribution in [0.5, 0.6) is 0 Å². The second-order valence-corrected chi connectivity index (χ2v) is 6.43. The van der Waals surface area contributed by atoms with Crippen molar-refractivity contribution in [2.75, 3.05) is 13.1 Å². The van der Waals surface area contributed by atoms with E-state index >= 15 is 0 Å². The van der Waals surface area contributed by atoms with Gasteiger partial charge in [0.15, 0.2) is 0 Å². The molecular weight excluding hydrogens is 254 g/mol. The van der Waals surface area contributed by atoms with E-state index < -0.39 is 6.04 Å². The van der Waals surface area contributed by atoms with Crippen molar-refractivity contribution in [1.29, 1.82) is 0 Å². The Morgan fingerprint density at radius 3 is 2.55 bits per heavy atom. The Hall–Kier alpha value is -1.10. The van der Waals surface area contributed by atoms with Crippen LogP contribution in [0.2, 0.25) is 0 Å². The van der Waals surface area contributed by atoms with Crippen molar-refractivity contribution in [3.8, 4) is 0 Å². The van der Waals surface area contributed by atoms with Gasteiger partial charge in [0.25, 0.3) is 0 Å². The maximum absolute atomic E-state index is 11.7. The lowest BCUT2D eigenvalue weighted by Crippen LogP contribution is -2.47. The molecule has 116 valence electrons. The van der Waals surface area contributed by atoms with E-state index in [1.54, 1.807) is 0 Å². The fourth-order valence-corrected chi connectivity index (χ4v) is 2.65. The van der Waals surface area contributed by atoms with Crippen molar-refractivity contribution < 1.29 is 9.59 Å². The zero-order chi connectivity index (χ0) is 15.1. The molecule has 0 aromatic rings. The quantitative estimate of drug-likeness (QED) is 0.680. The van der Waals surface area contributed by atoms with Crippen molar-refractivity contribution in [2.45, 2.75) is 52.5 Å². The van der Waals surface area contributed by atoms with Gasteiger partial charge in [-0.05, 0) is 30.6 Å². The van der Waals surface area contributed by atoms with Gasteiger partial charge in [0.05, 0.1) is 12.6 Å². The summed E-state index contributed by atoms with van der Waals surface area (Å²) in [5.74, 6) is 1.02. The van der Waals surface area contributed by atoms with Crippen molar-refractivity contribution >= 4 is 11.8 Å². The molecule has 1 rings (SSSR count). The summed E-state index contributed by atoms with van der Waals surface area (Å²) in [5, 5.41) is 5.49. The smallest absolute Gasteiger partial charge is 0.239 e. The van der Waals surface area contributed by atoms with Crippen LogP contribution in [0.15, 0.2) is 0 Å². The molecule has 0 radical (unpaired) electrons. The number of hydrogen-bond donors (Lipinski definition) is 3. The molecule has 4 N–H and O–H groups in total. The first-order valence-corrected chi connectivity index (χ1v) is 7.70. The van der Waals surface area contributed by atoms with Gasteiger partial charge in [0.1, 0.15) is 0 Å². The topological polar surface area (TPSA) is 84.2 Å². The summed E-state index contributed by atoms with van der Waals surface area (Å²) in [6.07, 6.45) is 4.93. The Morgan fingerprint density at radius 1 is 1.25 bits per heavy atom. The highest BCUT2D eigenvalue weighted by Gasteiger charge is 2.20. The minimum Gasteiger partial charge on any atom is -0.354 e. The summed E-state index contributed by atoms with van der Waals surface area (Å²) in [5.41, 5.74) is 5.71. The number of carbonyl (C=O) groups is 2. The fraction of sp³-hybridized carbons (Fsp3) is 0.867. The Kier molecular flexibility index (Phi) is 6.99. The highest BCUT2D eigenvalue weighted by Crippen LogP contribution is 2.27. The first-order valence-electron chi connectivity index (χ1n) is 7.70. The molecule has 0 spiro atoms. The van der Waals surface area contributed by atoms with Crippen LogP contribution in [-0.4, -0.2) is 30.9 Å². The number of amides is 2. The molecule has 0 heterocycles. The summed E-state index contributed by atoms with van der Waals surface area (Å²) in [7, 11) is 0. The lowest BCUT2D eigenvalue weighted by atomic mass is 9.82. The molecular formula is C15H29N3O2. The maximum atomic E-state index is 11.7. The molecule has 5 nitrogen and oxygen atoms in total. The zero-order valence-electron chi connectivity index (χ0n) is 12.9. The van der Waals surface area contributed by atoms with Crippen LogP contribution >= 0.6 is 0 Å². The highest BCUT2D eigenvalue weighted by atomic mass is 16.2. The maximum Gasteiger partial charge on any atom is 0.239 e. The number of nitrogens with one attached hydrogen (secondary N) is 2. The van der Waals surface area contributed by atoms with Gasteiger partial charge in [0.2, 0.25) is 11.8 Å². The van der Waals surface area contributed by atoms with Crippen LogP contribution in [0, 0.1) is 17.8 Å². The normalized spacial score (nSPS) is 24.2. The second kappa shape index (κ2) is 8.25. The SMILES string of the molecule is CC1CCCC(CNC(=O)CNC(=O)[C@@H](N)C(C)C)C1. The van der Waals surface area contributed by atoms with Gasteiger partial charge in [-0.25, -0.2) is 0 Å². The summed E-state index contributed by atoms with van der Waals surface area (Å²) < 4.78 is 0. The molecule has 0 bridgehead atoms. The Morgan fingerprint density at radius 2 is 1.95 bits per heavy atom. The number of rotatable bonds is 6. The summed E-state index contributed by atoms with van der Waals surface area (Å²) in [6, 6.07) is -0.554. The Bertz CT molecular complexity index is 331. The third-order valence-corrected chi connectivity index (χ3v) is 4.08. The van der Waals surface area contributed by atoms with E-state index in [4.69, 9.17) is 5.73 Å². The minimum atomic E-state index is -0.554. The van der Waals surface area contributed by atoms with Crippen LogP contribution in [-0.2, 0) is 9.59 Å². The average molecular weight is 283 g/mol. The van der Waals surface area contributed by atoms with Gasteiger partial charge < -0.3 is 16.4 Å². The van der Waals surface area contributed by atoms with Crippen molar-refractivity contribution in [1.82, 2.24) is 10.6 Å². The van der Waals surface area contributed by atoms with E-state index in [1.165, 1.54) is 25.7 Å². The van der Waals surface area contributed by atoms with Crippen LogP contribution in [0.3, 0.4) is 0 Å². The predicted octanol–water partition coefficient (Wildman–Crippen LogP) is 1.03. The average Bonchev–Trinajstić information content (AvgIpc) is 2.41. The van der Waals surface area contributed by atoms with E-state index in [0.717, 1.165) is 12.5 Å². The fourth-order valence-electron chi connectivity index (χ4n) is 2.65. The van der Waals surface area contributed by atoms with E-state index in [2.05, 4.69) is 17.6 Å². The van der Waals surface area contributed by atoms with E-state index in [1.807, 2.05) is 13.8 Å². The molecule has 0 aliphatic heterocycles. The summed E-state index contributed by atoms with van der Waals surface area (Å²) in [4.78, 5) is 23.3. The molecule has 1 aliphatic carbocycles. The zero-order valence-corrected chi connectivity index (χ0v) is 12.9. The molecule has 1 aliphatic rings. The third kappa shape index (κ3) is 5.90. The standard InChI is InChI=1S/C15H29N3O2/c1-10(2)14(16)15(20)18-9-13(19)17-8-12-6-4-5-11(3)7-12/h10-12,14H,4-9,16H2,1-3H3,(H,17,19)(H,18,20)/t11?,12?,14-/m0/s1. The first kappa shape index (κ1) is 17.0.